The first-order valence-electron chi connectivity index (χ1n) is 7.46. The van der Waals surface area contributed by atoms with E-state index in [9.17, 15) is 4.79 Å². The molecule has 1 fully saturated rings. The molecule has 1 aromatic heterocycles. The Morgan fingerprint density at radius 2 is 2.20 bits per heavy atom. The molecule has 1 saturated carbocycles. The van der Waals surface area contributed by atoms with Crippen LogP contribution in [0.25, 0.3) is 0 Å². The molecule has 1 heterocycles. The molecule has 1 amide bonds. The van der Waals surface area contributed by atoms with Crippen LogP contribution in [0.4, 0.5) is 0 Å². The minimum atomic E-state index is 0.0931. The summed E-state index contributed by atoms with van der Waals surface area (Å²) in [6, 6.07) is 0.383. The lowest BCUT2D eigenvalue weighted by molar-refractivity contribution is -0.133. The monoisotopic (exact) mass is 280 g/mol. The van der Waals surface area contributed by atoms with Crippen LogP contribution in [0.5, 0.6) is 0 Å². The average Bonchev–Trinajstić information content (AvgIpc) is 2.92. The predicted molar refractivity (Wildman–Crippen MR) is 75.1 cm³/mol. The second-order valence-electron chi connectivity index (χ2n) is 5.53. The van der Waals surface area contributed by atoms with Crippen LogP contribution in [0.3, 0.4) is 0 Å². The van der Waals surface area contributed by atoms with Crippen molar-refractivity contribution in [1.29, 1.82) is 0 Å². The summed E-state index contributed by atoms with van der Waals surface area (Å²) in [7, 11) is 1.89. The van der Waals surface area contributed by atoms with Gasteiger partial charge in [0.1, 0.15) is 6.54 Å². The lowest BCUT2D eigenvalue weighted by Gasteiger charge is -2.31. The zero-order valence-corrected chi connectivity index (χ0v) is 12.2. The second kappa shape index (κ2) is 7.38. The summed E-state index contributed by atoms with van der Waals surface area (Å²) in [4.78, 5) is 14.1. The minimum Gasteiger partial charge on any atom is -0.396 e. The molecule has 0 radical (unpaired) electrons. The summed E-state index contributed by atoms with van der Waals surface area (Å²) in [6.45, 7) is 0.398. The van der Waals surface area contributed by atoms with E-state index in [-0.39, 0.29) is 19.1 Å². The summed E-state index contributed by atoms with van der Waals surface area (Å²) >= 11 is 0. The Labute approximate surface area is 119 Å². The van der Waals surface area contributed by atoms with Crippen molar-refractivity contribution in [2.75, 3.05) is 13.7 Å². The maximum Gasteiger partial charge on any atom is 0.244 e. The molecule has 0 saturated heterocycles. The molecule has 112 valence electrons. The van der Waals surface area contributed by atoms with Gasteiger partial charge in [0.25, 0.3) is 0 Å². The number of aromatic nitrogens is 3. The molecule has 6 nitrogen and oxygen atoms in total. The smallest absolute Gasteiger partial charge is 0.244 e. The molecule has 1 aliphatic rings. The van der Waals surface area contributed by atoms with E-state index in [1.807, 2.05) is 11.9 Å². The number of aryl methyl sites for hydroxylation is 1. The number of carbonyl (C=O) groups excluding carboxylic acids is 1. The van der Waals surface area contributed by atoms with Crippen molar-refractivity contribution in [3.8, 4) is 0 Å². The number of nitrogens with zero attached hydrogens (tertiary/aromatic N) is 4. The number of rotatable bonds is 6. The average molecular weight is 280 g/mol. The Kier molecular flexibility index (Phi) is 5.52. The number of hydrogen-bond acceptors (Lipinski definition) is 4. The number of hydrogen-bond donors (Lipinski definition) is 1. The zero-order chi connectivity index (χ0) is 14.4. The summed E-state index contributed by atoms with van der Waals surface area (Å²) in [6.07, 6.45) is 9.12. The molecule has 2 rings (SSSR count). The quantitative estimate of drug-likeness (QED) is 0.843. The standard InChI is InChI=1S/C14H24N4O2/c1-17(13-7-3-2-4-8-13)14(20)11-18-10-12(15-16-18)6-5-9-19/h10,13,19H,2-9,11H2,1H3. The predicted octanol–water partition coefficient (Wildman–Crippen LogP) is 0.994. The highest BCUT2D eigenvalue weighted by Gasteiger charge is 2.22. The van der Waals surface area contributed by atoms with Crippen molar-refractivity contribution in [2.45, 2.75) is 57.5 Å². The van der Waals surface area contributed by atoms with Crippen LogP contribution in [0.2, 0.25) is 0 Å². The lowest BCUT2D eigenvalue weighted by atomic mass is 9.94. The Morgan fingerprint density at radius 3 is 2.90 bits per heavy atom. The van der Waals surface area contributed by atoms with Crippen LogP contribution in [0.15, 0.2) is 6.20 Å². The fourth-order valence-electron chi connectivity index (χ4n) is 2.71. The van der Waals surface area contributed by atoms with E-state index in [0.717, 1.165) is 18.5 Å². The second-order valence-corrected chi connectivity index (χ2v) is 5.53. The Hall–Kier alpha value is -1.43. The highest BCUT2D eigenvalue weighted by Crippen LogP contribution is 2.21. The van der Waals surface area contributed by atoms with Gasteiger partial charge in [-0.15, -0.1) is 5.10 Å². The molecular formula is C14H24N4O2. The van der Waals surface area contributed by atoms with Crippen LogP contribution >= 0.6 is 0 Å². The van der Waals surface area contributed by atoms with Gasteiger partial charge in [-0.1, -0.05) is 24.5 Å². The van der Waals surface area contributed by atoms with Crippen LogP contribution in [0.1, 0.15) is 44.2 Å². The molecule has 20 heavy (non-hydrogen) atoms. The number of carbonyl (C=O) groups is 1. The topological polar surface area (TPSA) is 71.2 Å². The normalized spacial score (nSPS) is 16.3. The number of likely N-dealkylation sites (N-methyl/N-ethyl adjacent to an activating group) is 1. The SMILES string of the molecule is CN(C(=O)Cn1cc(CCCO)nn1)C1CCCCC1. The molecule has 0 aliphatic heterocycles. The third kappa shape index (κ3) is 4.03. The van der Waals surface area contributed by atoms with Crippen LogP contribution in [0, 0.1) is 0 Å². The van der Waals surface area contributed by atoms with Gasteiger partial charge in [-0.25, -0.2) is 4.68 Å². The van der Waals surface area contributed by atoms with Gasteiger partial charge in [0.15, 0.2) is 0 Å². The van der Waals surface area contributed by atoms with Gasteiger partial charge in [0.05, 0.1) is 5.69 Å². The summed E-state index contributed by atoms with van der Waals surface area (Å²) < 4.78 is 1.59. The zero-order valence-electron chi connectivity index (χ0n) is 12.2. The molecule has 0 unspecified atom stereocenters. The minimum absolute atomic E-state index is 0.0931. The third-order valence-corrected chi connectivity index (χ3v) is 3.99. The molecule has 1 N–H and O–H groups in total. The summed E-state index contributed by atoms with van der Waals surface area (Å²) in [5, 5.41) is 16.8. The molecule has 0 spiro atoms. The van der Waals surface area contributed by atoms with Crippen molar-refractivity contribution < 1.29 is 9.90 Å². The molecule has 0 atom stereocenters. The van der Waals surface area contributed by atoms with Gasteiger partial charge >= 0.3 is 0 Å². The molecule has 6 heteroatoms. The van der Waals surface area contributed by atoms with E-state index in [4.69, 9.17) is 5.11 Å². The van der Waals surface area contributed by atoms with Gasteiger partial charge in [0.2, 0.25) is 5.91 Å². The van der Waals surface area contributed by atoms with Gasteiger partial charge in [-0.05, 0) is 25.7 Å². The fraction of sp³-hybridized carbons (Fsp3) is 0.786. The summed E-state index contributed by atoms with van der Waals surface area (Å²) in [5.74, 6) is 0.0931. The first-order valence-corrected chi connectivity index (χ1v) is 7.46. The molecule has 1 aromatic rings. The van der Waals surface area contributed by atoms with E-state index in [0.29, 0.717) is 18.9 Å². The Morgan fingerprint density at radius 1 is 1.45 bits per heavy atom. The van der Waals surface area contributed by atoms with Crippen molar-refractivity contribution in [3.05, 3.63) is 11.9 Å². The molecule has 0 aromatic carbocycles. The van der Waals surface area contributed by atoms with E-state index in [2.05, 4.69) is 10.3 Å². The molecule has 1 aliphatic carbocycles. The first kappa shape index (κ1) is 15.0. The molecule has 0 bridgehead atoms. The third-order valence-electron chi connectivity index (χ3n) is 3.99. The number of amides is 1. The van der Waals surface area contributed by atoms with Crippen molar-refractivity contribution >= 4 is 5.91 Å². The number of aliphatic hydroxyl groups is 1. The van der Waals surface area contributed by atoms with Crippen LogP contribution in [-0.4, -0.2) is 50.6 Å². The van der Waals surface area contributed by atoms with Gasteiger partial charge in [-0.3, -0.25) is 4.79 Å². The maximum atomic E-state index is 12.2. The maximum absolute atomic E-state index is 12.2. The Balaban J connectivity index is 1.85. The number of aliphatic hydroxyl groups excluding tert-OH is 1. The highest BCUT2D eigenvalue weighted by molar-refractivity contribution is 5.75. The lowest BCUT2D eigenvalue weighted by Crippen LogP contribution is -2.40. The van der Waals surface area contributed by atoms with E-state index < -0.39 is 0 Å². The van der Waals surface area contributed by atoms with Gasteiger partial charge in [-0.2, -0.15) is 0 Å². The van der Waals surface area contributed by atoms with Crippen LogP contribution in [-0.2, 0) is 17.8 Å². The molecular weight excluding hydrogens is 256 g/mol. The summed E-state index contributed by atoms with van der Waals surface area (Å²) in [5.41, 5.74) is 0.826. The van der Waals surface area contributed by atoms with E-state index in [1.165, 1.54) is 19.3 Å². The highest BCUT2D eigenvalue weighted by atomic mass is 16.2. The largest absolute Gasteiger partial charge is 0.396 e. The van der Waals surface area contributed by atoms with Crippen molar-refractivity contribution in [3.63, 3.8) is 0 Å². The Bertz CT molecular complexity index is 427. The van der Waals surface area contributed by atoms with Gasteiger partial charge in [0, 0.05) is 25.9 Å². The van der Waals surface area contributed by atoms with E-state index in [1.54, 1.807) is 10.9 Å². The fourth-order valence-corrected chi connectivity index (χ4v) is 2.71. The van der Waals surface area contributed by atoms with Gasteiger partial charge < -0.3 is 10.0 Å². The van der Waals surface area contributed by atoms with Crippen LogP contribution < -0.4 is 0 Å². The van der Waals surface area contributed by atoms with Crippen molar-refractivity contribution in [2.24, 2.45) is 0 Å². The van der Waals surface area contributed by atoms with Crippen molar-refractivity contribution in [1.82, 2.24) is 19.9 Å². The van der Waals surface area contributed by atoms with E-state index >= 15 is 0 Å². The first-order chi connectivity index (χ1) is 9.70.